The number of rotatable bonds is 7. The van der Waals surface area contributed by atoms with Crippen molar-refractivity contribution in [2.24, 2.45) is 5.41 Å². The van der Waals surface area contributed by atoms with Gasteiger partial charge in [-0.2, -0.15) is 0 Å². The number of hydrogen-bond donors (Lipinski definition) is 1. The van der Waals surface area contributed by atoms with Crippen LogP contribution >= 0.6 is 0 Å². The maximum absolute atomic E-state index is 12.7. The van der Waals surface area contributed by atoms with Gasteiger partial charge >= 0.3 is 0 Å². The van der Waals surface area contributed by atoms with Crippen molar-refractivity contribution in [3.05, 3.63) is 0 Å². The van der Waals surface area contributed by atoms with Crippen LogP contribution in [-0.4, -0.2) is 55.8 Å². The molecule has 1 aliphatic heterocycles. The van der Waals surface area contributed by atoms with Gasteiger partial charge in [0, 0.05) is 19.1 Å². The van der Waals surface area contributed by atoms with Crippen LogP contribution < -0.4 is 5.32 Å². The van der Waals surface area contributed by atoms with Crippen molar-refractivity contribution in [3.8, 4) is 0 Å². The summed E-state index contributed by atoms with van der Waals surface area (Å²) in [5, 5.41) is 2.79. The minimum atomic E-state index is -3.03. The van der Waals surface area contributed by atoms with Gasteiger partial charge in [0.2, 0.25) is 11.8 Å². The van der Waals surface area contributed by atoms with Crippen molar-refractivity contribution in [1.29, 1.82) is 0 Å². The highest BCUT2D eigenvalue weighted by Gasteiger charge is 2.58. The van der Waals surface area contributed by atoms with Crippen molar-refractivity contribution in [2.45, 2.75) is 52.0 Å². The molecule has 0 aromatic heterocycles. The molecule has 126 valence electrons. The molecular formula is C15H26N2O4S. The zero-order chi connectivity index (χ0) is 16.4. The third-order valence-electron chi connectivity index (χ3n) is 4.44. The highest BCUT2D eigenvalue weighted by Crippen LogP contribution is 2.47. The van der Waals surface area contributed by atoms with Crippen LogP contribution in [0, 0.1) is 5.41 Å². The molecule has 1 N–H and O–H groups in total. The smallest absolute Gasteiger partial charge is 0.238 e. The first kappa shape index (κ1) is 17.2. The normalized spacial score (nSPS) is 24.7. The fourth-order valence-electron chi connectivity index (χ4n) is 3.05. The number of nitrogens with zero attached hydrogens (tertiary/aromatic N) is 1. The van der Waals surface area contributed by atoms with Crippen LogP contribution in [0.1, 0.15) is 46.0 Å². The molecule has 2 aliphatic rings. The van der Waals surface area contributed by atoms with Crippen LogP contribution in [0.2, 0.25) is 0 Å². The van der Waals surface area contributed by atoms with E-state index in [2.05, 4.69) is 5.32 Å². The van der Waals surface area contributed by atoms with Gasteiger partial charge in [0.15, 0.2) is 9.84 Å². The molecule has 1 saturated carbocycles. The van der Waals surface area contributed by atoms with E-state index in [1.165, 1.54) is 0 Å². The quantitative estimate of drug-likeness (QED) is 0.697. The fraction of sp³-hybridized carbons (Fsp3) is 0.867. The summed E-state index contributed by atoms with van der Waals surface area (Å²) in [6.07, 6.45) is 3.32. The van der Waals surface area contributed by atoms with Crippen LogP contribution in [0.25, 0.3) is 0 Å². The van der Waals surface area contributed by atoms with E-state index in [9.17, 15) is 18.0 Å². The molecule has 0 aromatic rings. The molecule has 2 amide bonds. The van der Waals surface area contributed by atoms with E-state index < -0.39 is 15.3 Å². The Balaban J connectivity index is 2.00. The van der Waals surface area contributed by atoms with Crippen molar-refractivity contribution < 1.29 is 18.0 Å². The molecule has 0 radical (unpaired) electrons. The molecule has 7 heteroatoms. The van der Waals surface area contributed by atoms with Gasteiger partial charge in [-0.3, -0.25) is 9.59 Å². The Morgan fingerprint density at radius 3 is 2.18 bits per heavy atom. The molecule has 1 aliphatic carbocycles. The van der Waals surface area contributed by atoms with Gasteiger partial charge in [0.25, 0.3) is 0 Å². The molecule has 0 aromatic carbocycles. The largest absolute Gasteiger partial charge is 0.351 e. The van der Waals surface area contributed by atoms with Crippen molar-refractivity contribution in [2.75, 3.05) is 24.6 Å². The number of hydrogen-bond acceptors (Lipinski definition) is 4. The Morgan fingerprint density at radius 1 is 1.18 bits per heavy atom. The first-order valence-electron chi connectivity index (χ1n) is 8.15. The van der Waals surface area contributed by atoms with Gasteiger partial charge in [0.1, 0.15) is 5.41 Å². The third kappa shape index (κ3) is 3.62. The fourth-order valence-corrected chi connectivity index (χ4v) is 4.73. The maximum Gasteiger partial charge on any atom is 0.238 e. The summed E-state index contributed by atoms with van der Waals surface area (Å²) >= 11 is 0. The van der Waals surface area contributed by atoms with Gasteiger partial charge in [-0.15, -0.1) is 0 Å². The lowest BCUT2D eigenvalue weighted by molar-refractivity contribution is -0.144. The zero-order valence-corrected chi connectivity index (χ0v) is 14.2. The maximum atomic E-state index is 12.7. The van der Waals surface area contributed by atoms with Gasteiger partial charge < -0.3 is 10.2 Å². The lowest BCUT2D eigenvalue weighted by Crippen LogP contribution is -2.48. The van der Waals surface area contributed by atoms with Gasteiger partial charge in [-0.25, -0.2) is 8.42 Å². The van der Waals surface area contributed by atoms with E-state index in [4.69, 9.17) is 0 Å². The Bertz CT molecular complexity index is 534. The summed E-state index contributed by atoms with van der Waals surface area (Å²) < 4.78 is 22.9. The Hall–Kier alpha value is -1.11. The van der Waals surface area contributed by atoms with E-state index in [0.717, 1.165) is 12.8 Å². The summed E-state index contributed by atoms with van der Waals surface area (Å²) in [7, 11) is -3.03. The average molecular weight is 330 g/mol. The topological polar surface area (TPSA) is 83.6 Å². The monoisotopic (exact) mass is 330 g/mol. The predicted molar refractivity (Wildman–Crippen MR) is 84.0 cm³/mol. The van der Waals surface area contributed by atoms with E-state index in [1.54, 1.807) is 4.90 Å². The van der Waals surface area contributed by atoms with E-state index in [0.29, 0.717) is 32.4 Å². The first-order valence-corrected chi connectivity index (χ1v) is 9.97. The Kier molecular flexibility index (Phi) is 5.14. The summed E-state index contributed by atoms with van der Waals surface area (Å²) in [6, 6.07) is -0.339. The summed E-state index contributed by atoms with van der Waals surface area (Å²) in [5.74, 6) is -0.251. The second-order valence-electron chi connectivity index (χ2n) is 6.45. The van der Waals surface area contributed by atoms with Crippen LogP contribution in [0.3, 0.4) is 0 Å². The van der Waals surface area contributed by atoms with Crippen molar-refractivity contribution in [1.82, 2.24) is 10.2 Å². The molecule has 22 heavy (non-hydrogen) atoms. The summed E-state index contributed by atoms with van der Waals surface area (Å²) in [4.78, 5) is 27.0. The van der Waals surface area contributed by atoms with Gasteiger partial charge in [-0.1, -0.05) is 13.8 Å². The van der Waals surface area contributed by atoms with E-state index >= 15 is 0 Å². The van der Waals surface area contributed by atoms with E-state index in [1.807, 2.05) is 13.8 Å². The molecular weight excluding hydrogens is 304 g/mol. The predicted octanol–water partition coefficient (Wildman–Crippen LogP) is 0.719. The summed E-state index contributed by atoms with van der Waals surface area (Å²) in [6.45, 7) is 5.36. The second-order valence-corrected chi connectivity index (χ2v) is 8.68. The molecule has 1 saturated heterocycles. The number of sulfone groups is 1. The molecule has 2 rings (SSSR count). The third-order valence-corrected chi connectivity index (χ3v) is 6.20. The number of carbonyl (C=O) groups excluding carboxylic acids is 2. The number of amides is 2. The number of carbonyl (C=O) groups is 2. The van der Waals surface area contributed by atoms with E-state index in [-0.39, 0.29) is 29.4 Å². The first-order chi connectivity index (χ1) is 10.3. The molecule has 0 bridgehead atoms. The SMILES string of the molecule is CCCN(CCC)C(=O)C1(C(=O)NC2CCS(=O)(=O)C2)CC1. The molecule has 2 fully saturated rings. The standard InChI is InChI=1S/C15H26N2O4S/c1-3-8-17(9-4-2)14(19)15(6-7-15)13(18)16-12-5-10-22(20,21)11-12/h12H,3-11H2,1-2H3,(H,16,18). The van der Waals surface area contributed by atoms with Gasteiger partial charge in [-0.05, 0) is 32.1 Å². The van der Waals surface area contributed by atoms with Crippen molar-refractivity contribution in [3.63, 3.8) is 0 Å². The molecule has 1 atom stereocenters. The Morgan fingerprint density at radius 2 is 1.77 bits per heavy atom. The van der Waals surface area contributed by atoms with Crippen LogP contribution in [0.4, 0.5) is 0 Å². The lowest BCUT2D eigenvalue weighted by Gasteiger charge is -2.27. The number of nitrogens with one attached hydrogen (secondary N) is 1. The lowest BCUT2D eigenvalue weighted by atomic mass is 10.0. The minimum absolute atomic E-state index is 0.00333. The van der Waals surface area contributed by atoms with Crippen LogP contribution in [0.15, 0.2) is 0 Å². The van der Waals surface area contributed by atoms with Crippen molar-refractivity contribution >= 4 is 21.7 Å². The Labute approximate surface area is 132 Å². The molecule has 0 spiro atoms. The zero-order valence-electron chi connectivity index (χ0n) is 13.4. The average Bonchev–Trinajstić information content (AvgIpc) is 3.19. The molecule has 1 unspecified atom stereocenters. The minimum Gasteiger partial charge on any atom is -0.351 e. The van der Waals surface area contributed by atoms with Crippen LogP contribution in [-0.2, 0) is 19.4 Å². The summed E-state index contributed by atoms with van der Waals surface area (Å²) in [5.41, 5.74) is -0.934. The van der Waals surface area contributed by atoms with Gasteiger partial charge in [0.05, 0.1) is 11.5 Å². The second kappa shape index (κ2) is 6.56. The molecule has 1 heterocycles. The highest BCUT2D eigenvalue weighted by molar-refractivity contribution is 7.91. The van der Waals surface area contributed by atoms with Crippen LogP contribution in [0.5, 0.6) is 0 Å². The molecule has 6 nitrogen and oxygen atoms in total. The highest BCUT2D eigenvalue weighted by atomic mass is 32.2.